The molecule has 0 radical (unpaired) electrons. The van der Waals surface area contributed by atoms with Gasteiger partial charge in [0.05, 0.1) is 0 Å². The highest BCUT2D eigenvalue weighted by Gasteiger charge is 2.29. The van der Waals surface area contributed by atoms with Crippen LogP contribution in [0.4, 0.5) is 4.79 Å². The van der Waals surface area contributed by atoms with Crippen molar-refractivity contribution in [2.24, 2.45) is 0 Å². The zero-order valence-corrected chi connectivity index (χ0v) is 14.0. The number of halogens is 1. The quantitative estimate of drug-likeness (QED) is 0.832. The number of ether oxygens (including phenoxy) is 1. The number of hydrogen-bond donors (Lipinski definition) is 1. The van der Waals surface area contributed by atoms with Gasteiger partial charge in [0.1, 0.15) is 12.6 Å². The van der Waals surface area contributed by atoms with E-state index < -0.39 is 17.4 Å². The Kier molecular flexibility index (Phi) is 4.86. The van der Waals surface area contributed by atoms with Crippen LogP contribution in [0.3, 0.4) is 0 Å². The van der Waals surface area contributed by atoms with Crippen molar-refractivity contribution in [3.8, 4) is 11.1 Å². The Morgan fingerprint density at radius 1 is 1.08 bits per heavy atom. The Labute approximate surface area is 145 Å². The van der Waals surface area contributed by atoms with Crippen molar-refractivity contribution in [1.82, 2.24) is 5.32 Å². The molecule has 1 aliphatic rings. The Bertz CT molecular complexity index is 729. The van der Waals surface area contributed by atoms with E-state index in [1.54, 1.807) is 6.92 Å². The monoisotopic (exact) mass is 343 g/mol. The number of rotatable bonds is 5. The van der Waals surface area contributed by atoms with Crippen LogP contribution in [-0.4, -0.2) is 24.0 Å². The highest BCUT2D eigenvalue weighted by molar-refractivity contribution is 6.64. The molecular weight excluding hydrogens is 326 g/mol. The first-order valence-electron chi connectivity index (χ1n) is 7.92. The van der Waals surface area contributed by atoms with Crippen molar-refractivity contribution in [3.05, 3.63) is 59.7 Å². The lowest BCUT2D eigenvalue weighted by Gasteiger charge is -2.16. The van der Waals surface area contributed by atoms with Crippen LogP contribution in [0.1, 0.15) is 30.4 Å². The number of fused-ring (bicyclic) bond motifs is 3. The first kappa shape index (κ1) is 16.5. The Morgan fingerprint density at radius 3 is 2.12 bits per heavy atom. The fourth-order valence-electron chi connectivity index (χ4n) is 3.10. The summed E-state index contributed by atoms with van der Waals surface area (Å²) in [5.41, 5.74) is 4.63. The molecule has 24 heavy (non-hydrogen) atoms. The lowest BCUT2D eigenvalue weighted by Crippen LogP contribution is -2.39. The van der Waals surface area contributed by atoms with Gasteiger partial charge in [-0.05, 0) is 40.3 Å². The standard InChI is InChI=1S/C19H18ClNO3/c1-2-17(18(20)22)21-19(23)24-11-16-14-9-5-3-7-12(14)13-8-4-6-10-15(13)16/h3-10,16-17H,2,11H2,1H3,(H,21,23)/t17-/m1/s1. The van der Waals surface area contributed by atoms with E-state index in [9.17, 15) is 9.59 Å². The van der Waals surface area contributed by atoms with Crippen LogP contribution in [0.5, 0.6) is 0 Å². The maximum Gasteiger partial charge on any atom is 0.407 e. The summed E-state index contributed by atoms with van der Waals surface area (Å²) in [4.78, 5) is 23.1. The summed E-state index contributed by atoms with van der Waals surface area (Å²) in [6.45, 7) is 1.99. The van der Waals surface area contributed by atoms with Crippen molar-refractivity contribution in [2.75, 3.05) is 6.61 Å². The molecule has 0 spiro atoms. The summed E-state index contributed by atoms with van der Waals surface area (Å²) in [6.07, 6.45) is -0.204. The molecule has 0 bridgehead atoms. The van der Waals surface area contributed by atoms with Gasteiger partial charge in [-0.25, -0.2) is 4.79 Å². The molecule has 1 N–H and O–H groups in total. The third kappa shape index (κ3) is 3.15. The summed E-state index contributed by atoms with van der Waals surface area (Å²) in [5, 5.41) is 1.90. The van der Waals surface area contributed by atoms with Crippen LogP contribution in [0, 0.1) is 0 Å². The Morgan fingerprint density at radius 2 is 1.62 bits per heavy atom. The second-order valence-electron chi connectivity index (χ2n) is 5.73. The summed E-state index contributed by atoms with van der Waals surface area (Å²) < 4.78 is 5.36. The molecule has 0 unspecified atom stereocenters. The molecule has 0 aliphatic heterocycles. The fraction of sp³-hybridized carbons (Fsp3) is 0.263. The van der Waals surface area contributed by atoms with Crippen LogP contribution >= 0.6 is 11.6 Å². The molecule has 0 aromatic heterocycles. The van der Waals surface area contributed by atoms with Crippen LogP contribution in [0.25, 0.3) is 11.1 Å². The molecule has 0 heterocycles. The largest absolute Gasteiger partial charge is 0.449 e. The predicted octanol–water partition coefficient (Wildman–Crippen LogP) is 4.07. The number of amides is 1. The van der Waals surface area contributed by atoms with E-state index in [-0.39, 0.29) is 12.5 Å². The average molecular weight is 344 g/mol. The summed E-state index contributed by atoms with van der Waals surface area (Å²) in [5.74, 6) is -0.00469. The normalized spacial score (nSPS) is 13.8. The van der Waals surface area contributed by atoms with Crippen molar-refractivity contribution in [3.63, 3.8) is 0 Å². The molecule has 0 saturated heterocycles. The molecule has 4 nitrogen and oxygen atoms in total. The van der Waals surface area contributed by atoms with E-state index in [1.807, 2.05) is 24.3 Å². The molecule has 1 atom stereocenters. The molecule has 5 heteroatoms. The molecule has 1 amide bonds. The van der Waals surface area contributed by atoms with Gasteiger partial charge in [0.2, 0.25) is 5.24 Å². The van der Waals surface area contributed by atoms with E-state index in [0.29, 0.717) is 6.42 Å². The zero-order chi connectivity index (χ0) is 17.1. The number of carbonyl (C=O) groups excluding carboxylic acids is 2. The lowest BCUT2D eigenvalue weighted by molar-refractivity contribution is -0.113. The van der Waals surface area contributed by atoms with E-state index in [0.717, 1.165) is 11.1 Å². The second kappa shape index (κ2) is 7.05. The number of carbonyl (C=O) groups is 2. The van der Waals surface area contributed by atoms with Gasteiger partial charge in [0.15, 0.2) is 0 Å². The van der Waals surface area contributed by atoms with Crippen LogP contribution in [0.15, 0.2) is 48.5 Å². The molecule has 124 valence electrons. The van der Waals surface area contributed by atoms with E-state index in [2.05, 4.69) is 29.6 Å². The molecule has 3 rings (SSSR count). The van der Waals surface area contributed by atoms with Gasteiger partial charge in [-0.2, -0.15) is 0 Å². The highest BCUT2D eigenvalue weighted by Crippen LogP contribution is 2.44. The van der Waals surface area contributed by atoms with Crippen molar-refractivity contribution >= 4 is 22.9 Å². The van der Waals surface area contributed by atoms with Crippen LogP contribution < -0.4 is 5.32 Å². The first-order chi connectivity index (χ1) is 11.6. The van der Waals surface area contributed by atoms with Crippen LogP contribution in [-0.2, 0) is 9.53 Å². The van der Waals surface area contributed by atoms with Gasteiger partial charge in [0, 0.05) is 5.92 Å². The fourth-order valence-corrected chi connectivity index (χ4v) is 3.31. The molecule has 0 fully saturated rings. The third-order valence-electron chi connectivity index (χ3n) is 4.32. The molecule has 2 aromatic rings. The van der Waals surface area contributed by atoms with Crippen molar-refractivity contribution in [1.29, 1.82) is 0 Å². The summed E-state index contributed by atoms with van der Waals surface area (Å²) in [6, 6.07) is 15.5. The van der Waals surface area contributed by atoms with Gasteiger partial charge < -0.3 is 10.1 Å². The third-order valence-corrected chi connectivity index (χ3v) is 4.58. The number of benzene rings is 2. The number of hydrogen-bond acceptors (Lipinski definition) is 3. The van der Waals surface area contributed by atoms with Crippen LogP contribution in [0.2, 0.25) is 0 Å². The molecule has 1 aliphatic carbocycles. The topological polar surface area (TPSA) is 55.4 Å². The smallest absolute Gasteiger partial charge is 0.407 e. The average Bonchev–Trinajstić information content (AvgIpc) is 2.91. The minimum Gasteiger partial charge on any atom is -0.449 e. The van der Waals surface area contributed by atoms with E-state index in [1.165, 1.54) is 11.1 Å². The SMILES string of the molecule is CC[C@@H](NC(=O)OCC1c2ccccc2-c2ccccc21)C(=O)Cl. The zero-order valence-electron chi connectivity index (χ0n) is 13.3. The summed E-state index contributed by atoms with van der Waals surface area (Å²) >= 11 is 5.44. The minimum absolute atomic E-state index is 0.00469. The molecule has 0 saturated carbocycles. The second-order valence-corrected chi connectivity index (χ2v) is 6.11. The lowest BCUT2D eigenvalue weighted by atomic mass is 9.98. The van der Waals surface area contributed by atoms with Gasteiger partial charge >= 0.3 is 6.09 Å². The molecule has 2 aromatic carbocycles. The van der Waals surface area contributed by atoms with Gasteiger partial charge in [-0.15, -0.1) is 0 Å². The van der Waals surface area contributed by atoms with Gasteiger partial charge in [-0.3, -0.25) is 4.79 Å². The van der Waals surface area contributed by atoms with Crippen molar-refractivity contribution in [2.45, 2.75) is 25.3 Å². The van der Waals surface area contributed by atoms with Crippen molar-refractivity contribution < 1.29 is 14.3 Å². The predicted molar refractivity (Wildman–Crippen MR) is 93.1 cm³/mol. The number of nitrogens with one attached hydrogen (secondary N) is 1. The maximum absolute atomic E-state index is 12.0. The van der Waals surface area contributed by atoms with E-state index in [4.69, 9.17) is 16.3 Å². The first-order valence-corrected chi connectivity index (χ1v) is 8.30. The minimum atomic E-state index is -0.720. The molecular formula is C19H18ClNO3. The Hall–Kier alpha value is -2.33. The van der Waals surface area contributed by atoms with Gasteiger partial charge in [0.25, 0.3) is 0 Å². The Balaban J connectivity index is 1.74. The van der Waals surface area contributed by atoms with Gasteiger partial charge in [-0.1, -0.05) is 55.5 Å². The van der Waals surface area contributed by atoms with E-state index >= 15 is 0 Å². The number of alkyl carbamates (subject to hydrolysis) is 1. The highest BCUT2D eigenvalue weighted by atomic mass is 35.5. The maximum atomic E-state index is 12.0. The summed E-state index contributed by atoms with van der Waals surface area (Å²) in [7, 11) is 0.